The van der Waals surface area contributed by atoms with Crippen LogP contribution in [0.5, 0.6) is 0 Å². The molecule has 2 aromatic rings. The molecule has 0 bridgehead atoms. The fraction of sp³-hybridized carbons (Fsp3) is 0.381. The van der Waals surface area contributed by atoms with Crippen molar-refractivity contribution < 1.29 is 27.3 Å². The molecular weight excluding hydrogens is 399 g/mol. The van der Waals surface area contributed by atoms with Gasteiger partial charge in [-0.05, 0) is 37.6 Å². The molecule has 30 heavy (non-hydrogen) atoms. The number of carbonyl (C=O) groups excluding carboxylic acids is 2. The first-order valence-electron chi connectivity index (χ1n) is 9.49. The summed E-state index contributed by atoms with van der Waals surface area (Å²) in [5, 5.41) is 3.85. The predicted octanol–water partition coefficient (Wildman–Crippen LogP) is 3.24. The van der Waals surface area contributed by atoms with Crippen LogP contribution in [0.15, 0.2) is 34.9 Å². The van der Waals surface area contributed by atoms with Crippen LogP contribution in [0.4, 0.5) is 13.2 Å². The predicted molar refractivity (Wildman–Crippen MR) is 103 cm³/mol. The van der Waals surface area contributed by atoms with Gasteiger partial charge in [0.2, 0.25) is 11.8 Å². The van der Waals surface area contributed by atoms with Gasteiger partial charge in [-0.15, -0.1) is 0 Å². The molecule has 9 heteroatoms. The van der Waals surface area contributed by atoms with Gasteiger partial charge in [0.1, 0.15) is 5.76 Å². The molecule has 0 aliphatic carbocycles. The molecule has 1 aromatic carbocycles. The molecule has 0 spiro atoms. The summed E-state index contributed by atoms with van der Waals surface area (Å²) in [4.78, 5) is 28.2. The van der Waals surface area contributed by atoms with Gasteiger partial charge in [0.25, 0.3) is 0 Å². The van der Waals surface area contributed by atoms with Crippen LogP contribution in [0.2, 0.25) is 0 Å². The standard InChI is InChI=1S/C21H22F3N3O3/c1-14-18(15(2)30-25-14)13-20(29)27-11-9-26(10-12-27)19(28)8-5-16-3-6-17(7-4-16)21(22,23)24/h3-8H,9-13H2,1-2H3/b8-5+. The Hall–Kier alpha value is -3.10. The van der Waals surface area contributed by atoms with E-state index in [9.17, 15) is 22.8 Å². The summed E-state index contributed by atoms with van der Waals surface area (Å²) in [5.74, 6) is 0.340. The maximum absolute atomic E-state index is 12.6. The van der Waals surface area contributed by atoms with Crippen molar-refractivity contribution in [2.45, 2.75) is 26.4 Å². The first kappa shape index (κ1) is 21.6. The third kappa shape index (κ3) is 5.08. The number of halogens is 3. The number of alkyl halides is 3. The largest absolute Gasteiger partial charge is 0.416 e. The fourth-order valence-corrected chi connectivity index (χ4v) is 3.25. The number of aryl methyl sites for hydroxylation is 2. The number of hydrogen-bond acceptors (Lipinski definition) is 4. The minimum Gasteiger partial charge on any atom is -0.361 e. The van der Waals surface area contributed by atoms with E-state index < -0.39 is 11.7 Å². The Kier molecular flexibility index (Phi) is 6.28. The highest BCUT2D eigenvalue weighted by molar-refractivity contribution is 5.92. The van der Waals surface area contributed by atoms with Crippen molar-refractivity contribution in [3.63, 3.8) is 0 Å². The molecule has 0 atom stereocenters. The Morgan fingerprint density at radius 2 is 1.67 bits per heavy atom. The molecule has 2 amide bonds. The second kappa shape index (κ2) is 8.73. The van der Waals surface area contributed by atoms with E-state index in [0.717, 1.165) is 17.7 Å². The zero-order valence-electron chi connectivity index (χ0n) is 16.7. The summed E-state index contributed by atoms with van der Waals surface area (Å²) in [6.07, 6.45) is -1.36. The first-order chi connectivity index (χ1) is 14.1. The topological polar surface area (TPSA) is 66.7 Å². The van der Waals surface area contributed by atoms with E-state index in [0.29, 0.717) is 43.2 Å². The maximum Gasteiger partial charge on any atom is 0.416 e. The zero-order valence-corrected chi connectivity index (χ0v) is 16.7. The van der Waals surface area contributed by atoms with Crippen LogP contribution in [0, 0.1) is 13.8 Å². The third-order valence-electron chi connectivity index (χ3n) is 5.11. The quantitative estimate of drug-likeness (QED) is 0.711. The molecular formula is C21H22F3N3O3. The van der Waals surface area contributed by atoms with E-state index in [1.54, 1.807) is 23.6 Å². The molecule has 0 saturated carbocycles. The van der Waals surface area contributed by atoms with Crippen LogP contribution < -0.4 is 0 Å². The molecule has 1 saturated heterocycles. The highest BCUT2D eigenvalue weighted by Gasteiger charge is 2.30. The molecule has 6 nitrogen and oxygen atoms in total. The molecule has 160 valence electrons. The molecule has 1 aromatic heterocycles. The summed E-state index contributed by atoms with van der Waals surface area (Å²) in [7, 11) is 0. The van der Waals surface area contributed by atoms with E-state index in [1.807, 2.05) is 0 Å². The highest BCUT2D eigenvalue weighted by atomic mass is 19.4. The number of nitrogens with zero attached hydrogens (tertiary/aromatic N) is 3. The third-order valence-corrected chi connectivity index (χ3v) is 5.11. The molecule has 2 heterocycles. The Labute approximate surface area is 171 Å². The average Bonchev–Trinajstić information content (AvgIpc) is 3.03. The van der Waals surface area contributed by atoms with E-state index >= 15 is 0 Å². The Balaban J connectivity index is 1.51. The smallest absolute Gasteiger partial charge is 0.361 e. The van der Waals surface area contributed by atoms with Crippen LogP contribution in [0.25, 0.3) is 6.08 Å². The number of carbonyl (C=O) groups is 2. The van der Waals surface area contributed by atoms with Crippen molar-refractivity contribution in [2.75, 3.05) is 26.2 Å². The van der Waals surface area contributed by atoms with Crippen LogP contribution in [-0.4, -0.2) is 52.9 Å². The number of piperazine rings is 1. The van der Waals surface area contributed by atoms with Crippen molar-refractivity contribution in [1.82, 2.24) is 15.0 Å². The van der Waals surface area contributed by atoms with Gasteiger partial charge in [-0.2, -0.15) is 13.2 Å². The lowest BCUT2D eigenvalue weighted by Crippen LogP contribution is -2.50. The van der Waals surface area contributed by atoms with E-state index in [-0.39, 0.29) is 18.2 Å². The van der Waals surface area contributed by atoms with Crippen molar-refractivity contribution in [1.29, 1.82) is 0 Å². The summed E-state index contributed by atoms with van der Waals surface area (Å²) in [5.41, 5.74) is 1.26. The van der Waals surface area contributed by atoms with Crippen LogP contribution in [0.3, 0.4) is 0 Å². The number of hydrogen-bond donors (Lipinski definition) is 0. The van der Waals surface area contributed by atoms with Gasteiger partial charge in [-0.25, -0.2) is 0 Å². The second-order valence-electron chi connectivity index (χ2n) is 7.14. The molecule has 3 rings (SSSR count). The van der Waals surface area contributed by atoms with Gasteiger partial charge in [0.15, 0.2) is 0 Å². The normalized spacial score (nSPS) is 15.1. The Morgan fingerprint density at radius 1 is 1.07 bits per heavy atom. The number of benzene rings is 1. The van der Waals surface area contributed by atoms with Gasteiger partial charge in [0, 0.05) is 37.8 Å². The van der Waals surface area contributed by atoms with Gasteiger partial charge >= 0.3 is 6.18 Å². The van der Waals surface area contributed by atoms with E-state index in [4.69, 9.17) is 4.52 Å². The monoisotopic (exact) mass is 421 g/mol. The van der Waals surface area contributed by atoms with Crippen LogP contribution in [-0.2, 0) is 22.2 Å². The van der Waals surface area contributed by atoms with Crippen molar-refractivity contribution in [2.24, 2.45) is 0 Å². The zero-order chi connectivity index (χ0) is 21.9. The Morgan fingerprint density at radius 3 is 2.20 bits per heavy atom. The lowest BCUT2D eigenvalue weighted by Gasteiger charge is -2.34. The fourth-order valence-electron chi connectivity index (χ4n) is 3.25. The van der Waals surface area contributed by atoms with Crippen molar-refractivity contribution in [3.05, 3.63) is 58.5 Å². The van der Waals surface area contributed by atoms with Crippen molar-refractivity contribution >= 4 is 17.9 Å². The lowest BCUT2D eigenvalue weighted by molar-refractivity contribution is -0.137. The van der Waals surface area contributed by atoms with E-state index in [1.165, 1.54) is 24.3 Å². The Bertz CT molecular complexity index is 921. The average molecular weight is 421 g/mol. The van der Waals surface area contributed by atoms with Gasteiger partial charge < -0.3 is 14.3 Å². The maximum atomic E-state index is 12.6. The molecule has 0 unspecified atom stereocenters. The van der Waals surface area contributed by atoms with Crippen LogP contribution >= 0.6 is 0 Å². The van der Waals surface area contributed by atoms with Gasteiger partial charge in [0.05, 0.1) is 17.7 Å². The number of amides is 2. The van der Waals surface area contributed by atoms with Crippen LogP contribution in [0.1, 0.15) is 28.1 Å². The minimum atomic E-state index is -4.39. The first-order valence-corrected chi connectivity index (χ1v) is 9.49. The summed E-state index contributed by atoms with van der Waals surface area (Å²) >= 11 is 0. The summed E-state index contributed by atoms with van der Waals surface area (Å²) < 4.78 is 42.9. The van der Waals surface area contributed by atoms with Gasteiger partial charge in [-0.3, -0.25) is 9.59 Å². The summed E-state index contributed by atoms with van der Waals surface area (Å²) in [6.45, 7) is 5.18. The SMILES string of the molecule is Cc1noc(C)c1CC(=O)N1CCN(C(=O)/C=C/c2ccc(C(F)(F)F)cc2)CC1. The number of rotatable bonds is 4. The van der Waals surface area contributed by atoms with E-state index in [2.05, 4.69) is 5.16 Å². The van der Waals surface area contributed by atoms with Gasteiger partial charge in [-0.1, -0.05) is 17.3 Å². The minimum absolute atomic E-state index is 0.0446. The molecule has 0 radical (unpaired) electrons. The lowest BCUT2D eigenvalue weighted by atomic mass is 10.1. The second-order valence-corrected chi connectivity index (χ2v) is 7.14. The van der Waals surface area contributed by atoms with Crippen molar-refractivity contribution in [3.8, 4) is 0 Å². The highest BCUT2D eigenvalue weighted by Crippen LogP contribution is 2.29. The molecule has 0 N–H and O–H groups in total. The number of aromatic nitrogens is 1. The molecule has 1 aliphatic rings. The molecule has 1 fully saturated rings. The molecule has 1 aliphatic heterocycles. The summed E-state index contributed by atoms with van der Waals surface area (Å²) in [6, 6.07) is 4.59.